The molecule has 19 heavy (non-hydrogen) atoms. The van der Waals surface area contributed by atoms with Crippen LogP contribution in [0.25, 0.3) is 0 Å². The van der Waals surface area contributed by atoms with Gasteiger partial charge in [0.05, 0.1) is 6.10 Å². The average Bonchev–Trinajstić information content (AvgIpc) is 3.17. The molecule has 2 atom stereocenters. The lowest BCUT2D eigenvalue weighted by Crippen LogP contribution is -2.41. The molecule has 1 aliphatic heterocycles. The van der Waals surface area contributed by atoms with Gasteiger partial charge in [0.2, 0.25) is 5.91 Å². The second kappa shape index (κ2) is 6.71. The van der Waals surface area contributed by atoms with Gasteiger partial charge in [-0.15, -0.1) is 0 Å². The number of aliphatic hydroxyl groups is 1. The van der Waals surface area contributed by atoms with Crippen molar-refractivity contribution in [1.82, 2.24) is 10.2 Å². The molecule has 2 rings (SSSR count). The summed E-state index contributed by atoms with van der Waals surface area (Å²) in [7, 11) is 0. The van der Waals surface area contributed by atoms with Gasteiger partial charge in [-0.3, -0.25) is 4.79 Å². The first-order valence-electron chi connectivity index (χ1n) is 7.75. The molecule has 110 valence electrons. The van der Waals surface area contributed by atoms with Gasteiger partial charge in [-0.1, -0.05) is 13.8 Å². The van der Waals surface area contributed by atoms with E-state index in [0.29, 0.717) is 37.4 Å². The lowest BCUT2D eigenvalue weighted by Gasteiger charge is -2.24. The van der Waals surface area contributed by atoms with E-state index in [1.807, 2.05) is 4.90 Å². The molecule has 0 aromatic heterocycles. The Kier molecular flexibility index (Phi) is 5.22. The molecule has 1 amide bonds. The Morgan fingerprint density at radius 1 is 1.32 bits per heavy atom. The van der Waals surface area contributed by atoms with Gasteiger partial charge in [-0.05, 0) is 37.5 Å². The summed E-state index contributed by atoms with van der Waals surface area (Å²) in [6.07, 6.45) is 4.75. The van der Waals surface area contributed by atoms with Gasteiger partial charge in [-0.2, -0.15) is 0 Å². The number of nitrogens with one attached hydrogen (secondary N) is 1. The van der Waals surface area contributed by atoms with E-state index in [2.05, 4.69) is 19.2 Å². The molecule has 2 N–H and O–H groups in total. The van der Waals surface area contributed by atoms with Crippen molar-refractivity contribution in [2.45, 2.75) is 58.1 Å². The summed E-state index contributed by atoms with van der Waals surface area (Å²) in [6.45, 7) is 6.38. The van der Waals surface area contributed by atoms with E-state index in [1.165, 1.54) is 12.8 Å². The van der Waals surface area contributed by atoms with Crippen molar-refractivity contribution in [3.05, 3.63) is 0 Å². The normalized spacial score (nSPS) is 26.6. The standard InChI is InChI=1S/C15H28N2O2/c1-11(2)12-3-6-15(19)17(8-7-12)10-14(18)9-16-13-4-5-13/h11-14,16,18H,3-10H2,1-2H3. The van der Waals surface area contributed by atoms with E-state index in [-0.39, 0.29) is 5.91 Å². The van der Waals surface area contributed by atoms with Crippen molar-refractivity contribution in [2.75, 3.05) is 19.6 Å². The summed E-state index contributed by atoms with van der Waals surface area (Å²) in [5.41, 5.74) is 0. The van der Waals surface area contributed by atoms with Crippen LogP contribution in [0.4, 0.5) is 0 Å². The van der Waals surface area contributed by atoms with Gasteiger partial charge in [-0.25, -0.2) is 0 Å². The van der Waals surface area contributed by atoms with Crippen LogP contribution in [0.5, 0.6) is 0 Å². The van der Waals surface area contributed by atoms with Gasteiger partial charge in [0.1, 0.15) is 0 Å². The van der Waals surface area contributed by atoms with Crippen LogP contribution in [0.15, 0.2) is 0 Å². The van der Waals surface area contributed by atoms with E-state index in [1.54, 1.807) is 0 Å². The molecule has 1 saturated carbocycles. The predicted molar refractivity (Wildman–Crippen MR) is 75.8 cm³/mol. The van der Waals surface area contributed by atoms with Gasteiger partial charge < -0.3 is 15.3 Å². The Balaban J connectivity index is 1.75. The van der Waals surface area contributed by atoms with Crippen LogP contribution >= 0.6 is 0 Å². The van der Waals surface area contributed by atoms with Crippen molar-refractivity contribution in [3.63, 3.8) is 0 Å². The number of carbonyl (C=O) groups excluding carboxylic acids is 1. The predicted octanol–water partition coefficient (Wildman–Crippen LogP) is 1.38. The number of hydrogen-bond acceptors (Lipinski definition) is 3. The van der Waals surface area contributed by atoms with Crippen molar-refractivity contribution in [2.24, 2.45) is 11.8 Å². The molecule has 0 bridgehead atoms. The van der Waals surface area contributed by atoms with Crippen molar-refractivity contribution in [3.8, 4) is 0 Å². The monoisotopic (exact) mass is 268 g/mol. The minimum absolute atomic E-state index is 0.216. The molecule has 4 heteroatoms. The Hall–Kier alpha value is -0.610. The van der Waals surface area contributed by atoms with Crippen molar-refractivity contribution >= 4 is 5.91 Å². The van der Waals surface area contributed by atoms with E-state index in [0.717, 1.165) is 19.4 Å². The molecule has 0 aromatic rings. The molecule has 0 aromatic carbocycles. The summed E-state index contributed by atoms with van der Waals surface area (Å²) in [5.74, 6) is 1.51. The summed E-state index contributed by atoms with van der Waals surface area (Å²) >= 11 is 0. The van der Waals surface area contributed by atoms with Crippen LogP contribution in [-0.4, -0.2) is 47.7 Å². The molecule has 1 heterocycles. The smallest absolute Gasteiger partial charge is 0.222 e. The van der Waals surface area contributed by atoms with Crippen LogP contribution in [0.1, 0.15) is 46.0 Å². The molecule has 2 fully saturated rings. The first-order chi connectivity index (χ1) is 9.06. The topological polar surface area (TPSA) is 52.6 Å². The third-order valence-corrected chi connectivity index (χ3v) is 4.44. The molecule has 0 spiro atoms. The highest BCUT2D eigenvalue weighted by Crippen LogP contribution is 2.25. The lowest BCUT2D eigenvalue weighted by atomic mass is 9.89. The second-order valence-corrected chi connectivity index (χ2v) is 6.51. The van der Waals surface area contributed by atoms with Crippen molar-refractivity contribution < 1.29 is 9.90 Å². The highest BCUT2D eigenvalue weighted by Gasteiger charge is 2.26. The van der Waals surface area contributed by atoms with E-state index in [9.17, 15) is 9.90 Å². The van der Waals surface area contributed by atoms with Crippen LogP contribution < -0.4 is 5.32 Å². The van der Waals surface area contributed by atoms with E-state index < -0.39 is 6.10 Å². The number of hydrogen-bond donors (Lipinski definition) is 2. The van der Waals surface area contributed by atoms with Crippen LogP contribution in [0.3, 0.4) is 0 Å². The Labute approximate surface area is 116 Å². The summed E-state index contributed by atoms with van der Waals surface area (Å²) in [5, 5.41) is 13.3. The first kappa shape index (κ1) is 14.8. The molecule has 2 aliphatic rings. The van der Waals surface area contributed by atoms with Crippen LogP contribution in [0.2, 0.25) is 0 Å². The molecule has 4 nitrogen and oxygen atoms in total. The fourth-order valence-corrected chi connectivity index (χ4v) is 2.83. The van der Waals surface area contributed by atoms with Gasteiger partial charge in [0.15, 0.2) is 0 Å². The number of carbonyl (C=O) groups is 1. The Morgan fingerprint density at radius 2 is 2.05 bits per heavy atom. The van der Waals surface area contributed by atoms with Crippen molar-refractivity contribution in [1.29, 1.82) is 0 Å². The zero-order chi connectivity index (χ0) is 13.8. The Bertz CT molecular complexity index is 303. The zero-order valence-electron chi connectivity index (χ0n) is 12.3. The highest BCUT2D eigenvalue weighted by molar-refractivity contribution is 5.76. The van der Waals surface area contributed by atoms with Crippen LogP contribution in [0, 0.1) is 11.8 Å². The number of β-amino-alcohol motifs (C(OH)–C–C–N with tert-alkyl or cyclic N) is 1. The molecular formula is C15H28N2O2. The molecule has 0 radical (unpaired) electrons. The highest BCUT2D eigenvalue weighted by atomic mass is 16.3. The second-order valence-electron chi connectivity index (χ2n) is 6.51. The van der Waals surface area contributed by atoms with Crippen LogP contribution in [-0.2, 0) is 4.79 Å². The first-order valence-corrected chi connectivity index (χ1v) is 7.75. The van der Waals surface area contributed by atoms with Gasteiger partial charge >= 0.3 is 0 Å². The minimum atomic E-state index is -0.430. The number of likely N-dealkylation sites (tertiary alicyclic amines) is 1. The fraction of sp³-hybridized carbons (Fsp3) is 0.933. The van der Waals surface area contributed by atoms with E-state index >= 15 is 0 Å². The summed E-state index contributed by atoms with van der Waals surface area (Å²) < 4.78 is 0. The Morgan fingerprint density at radius 3 is 2.68 bits per heavy atom. The summed E-state index contributed by atoms with van der Waals surface area (Å²) in [4.78, 5) is 13.9. The summed E-state index contributed by atoms with van der Waals surface area (Å²) in [6, 6.07) is 0.611. The zero-order valence-corrected chi connectivity index (χ0v) is 12.3. The maximum atomic E-state index is 12.1. The molecule has 1 saturated heterocycles. The third kappa shape index (κ3) is 4.77. The molecular weight excluding hydrogens is 240 g/mol. The van der Waals surface area contributed by atoms with Gasteiger partial charge in [0.25, 0.3) is 0 Å². The largest absolute Gasteiger partial charge is 0.390 e. The fourth-order valence-electron chi connectivity index (χ4n) is 2.83. The third-order valence-electron chi connectivity index (χ3n) is 4.44. The SMILES string of the molecule is CC(C)C1CCC(=O)N(CC(O)CNC2CC2)CC1. The maximum Gasteiger partial charge on any atom is 0.222 e. The quantitative estimate of drug-likeness (QED) is 0.765. The lowest BCUT2D eigenvalue weighted by molar-refractivity contribution is -0.132. The number of rotatable bonds is 6. The number of nitrogens with zero attached hydrogens (tertiary/aromatic N) is 1. The number of aliphatic hydroxyl groups excluding tert-OH is 1. The maximum absolute atomic E-state index is 12.1. The molecule has 2 unspecified atom stereocenters. The average molecular weight is 268 g/mol. The van der Waals surface area contributed by atoms with Gasteiger partial charge in [0, 0.05) is 32.1 Å². The number of amides is 1. The molecule has 1 aliphatic carbocycles. The minimum Gasteiger partial charge on any atom is -0.390 e. The van der Waals surface area contributed by atoms with E-state index in [4.69, 9.17) is 0 Å².